The van der Waals surface area contributed by atoms with Gasteiger partial charge in [-0.25, -0.2) is 12.1 Å². The summed E-state index contributed by atoms with van der Waals surface area (Å²) in [6.45, 7) is 22.9. The van der Waals surface area contributed by atoms with Crippen LogP contribution in [0.5, 0.6) is 0 Å². The zero-order valence-electron chi connectivity index (χ0n) is 22.6. The summed E-state index contributed by atoms with van der Waals surface area (Å²) < 4.78 is 0. The van der Waals surface area contributed by atoms with E-state index in [2.05, 4.69) is 92.7 Å². The third-order valence-electron chi connectivity index (χ3n) is 5.64. The molecule has 0 aromatic heterocycles. The first-order valence-electron chi connectivity index (χ1n) is 11.6. The second kappa shape index (κ2) is 13.7. The van der Waals surface area contributed by atoms with Crippen LogP contribution in [-0.4, -0.2) is 5.43 Å². The topological polar surface area (TPSA) is 0 Å². The van der Waals surface area contributed by atoms with Gasteiger partial charge in [0.1, 0.15) is 0 Å². The zero-order chi connectivity index (χ0) is 24.3. The second-order valence-corrected chi connectivity index (χ2v) is 20.5. The predicted molar refractivity (Wildman–Crippen MR) is 140 cm³/mol. The van der Waals surface area contributed by atoms with Gasteiger partial charge in [-0.3, -0.25) is 0 Å². The standard InChI is InChI=1S/C23H29.C5H5.C2H6Si.2ClH.Zr/c1-14-9-16-11-17-10-15(2)21(23(6,7)8)13-19(17)18(16)12-20(14)22(3,4)5;1-2-4-5-3-1;1-3-2;;;/h9,12-13H,11H2,1-8H3;1-5H;1-2H3;2*1H;/q2*-1;;;;+2/p-2. The molecule has 0 aliphatic heterocycles. The van der Waals surface area contributed by atoms with E-state index in [1.165, 1.54) is 44.5 Å². The Labute approximate surface area is 236 Å². The summed E-state index contributed by atoms with van der Waals surface area (Å²) in [5.41, 5.74) is 11.8. The molecule has 34 heavy (non-hydrogen) atoms. The Kier molecular flexibility index (Phi) is 13.5. The molecule has 1 aliphatic rings. The Bertz CT molecular complexity index is 980. The van der Waals surface area contributed by atoms with Gasteiger partial charge in [-0.1, -0.05) is 71.6 Å². The average molecular weight is 591 g/mol. The fourth-order valence-electron chi connectivity index (χ4n) is 4.34. The average Bonchev–Trinajstić information content (AvgIpc) is 3.28. The van der Waals surface area contributed by atoms with Crippen LogP contribution in [0.15, 0.2) is 48.5 Å². The van der Waals surface area contributed by atoms with Crippen LogP contribution in [0, 0.1) is 19.9 Å². The van der Waals surface area contributed by atoms with Gasteiger partial charge in [0, 0.05) is 0 Å². The molecular formula is C30H40Cl2SiZr-2. The van der Waals surface area contributed by atoms with E-state index in [4.69, 9.17) is 0 Å². The number of fused-ring (bicyclic) bond motifs is 3. The Morgan fingerprint density at radius 3 is 1.71 bits per heavy atom. The molecule has 1 aliphatic carbocycles. The van der Waals surface area contributed by atoms with Crippen molar-refractivity contribution in [2.45, 2.75) is 85.7 Å². The third-order valence-corrected chi connectivity index (χ3v) is 5.64. The minimum atomic E-state index is 0. The molecule has 0 spiro atoms. The van der Waals surface area contributed by atoms with E-state index in [0.717, 1.165) is 6.42 Å². The van der Waals surface area contributed by atoms with Gasteiger partial charge >= 0.3 is 41.9 Å². The molecule has 0 unspecified atom stereocenters. The molecule has 0 heterocycles. The van der Waals surface area contributed by atoms with E-state index in [-0.39, 0.29) is 41.1 Å². The molecule has 0 fully saturated rings. The van der Waals surface area contributed by atoms with Gasteiger partial charge in [-0.15, -0.1) is 16.7 Å². The van der Waals surface area contributed by atoms with Crippen LogP contribution in [0.4, 0.5) is 0 Å². The number of benzene rings is 2. The van der Waals surface area contributed by atoms with E-state index >= 15 is 0 Å². The summed E-state index contributed by atoms with van der Waals surface area (Å²) in [4.78, 5) is 0. The Morgan fingerprint density at radius 2 is 1.29 bits per heavy atom. The smallest absolute Gasteiger partial charge is 0.0129 e. The fourth-order valence-corrected chi connectivity index (χ4v) is 4.34. The van der Waals surface area contributed by atoms with Gasteiger partial charge in [0.2, 0.25) is 0 Å². The quantitative estimate of drug-likeness (QED) is 0.218. The third kappa shape index (κ3) is 9.16. The number of aryl methyl sites for hydroxylation is 2. The number of hydrogen-bond acceptors (Lipinski definition) is 0. The van der Waals surface area contributed by atoms with Gasteiger partial charge < -0.3 is 24.8 Å². The van der Waals surface area contributed by atoms with Crippen molar-refractivity contribution in [1.82, 2.24) is 0 Å². The van der Waals surface area contributed by atoms with E-state index < -0.39 is 0 Å². The van der Waals surface area contributed by atoms with E-state index in [1.807, 2.05) is 30.3 Å². The summed E-state index contributed by atoms with van der Waals surface area (Å²) >= 11 is 1.74. The van der Waals surface area contributed by atoms with Crippen molar-refractivity contribution in [2.75, 3.05) is 0 Å². The Hall–Kier alpha value is -0.530. The van der Waals surface area contributed by atoms with Crippen LogP contribution in [-0.2, 0) is 40.6 Å². The first-order chi connectivity index (χ1) is 14.7. The fraction of sp³-hybridized carbons (Fsp3) is 0.433. The molecule has 184 valence electrons. The molecule has 0 bridgehead atoms. The molecule has 0 radical (unpaired) electrons. The van der Waals surface area contributed by atoms with Gasteiger partial charge in [0.05, 0.1) is 0 Å². The molecule has 4 rings (SSSR count). The maximum absolute atomic E-state index is 3.69. The molecule has 3 aromatic rings. The van der Waals surface area contributed by atoms with Crippen LogP contribution in [0.3, 0.4) is 0 Å². The number of rotatable bonds is 0. The van der Waals surface area contributed by atoms with Crippen molar-refractivity contribution in [1.29, 1.82) is 0 Å². The van der Waals surface area contributed by atoms with Crippen molar-refractivity contribution >= 4 is 5.43 Å². The molecule has 0 nitrogen and oxygen atoms in total. The monoisotopic (exact) mass is 588 g/mol. The van der Waals surface area contributed by atoms with E-state index in [9.17, 15) is 0 Å². The minimum absolute atomic E-state index is 0. The molecule has 0 saturated carbocycles. The van der Waals surface area contributed by atoms with Crippen LogP contribution < -0.4 is 24.8 Å². The first kappa shape index (κ1) is 33.5. The zero-order valence-corrected chi connectivity index (χ0v) is 27.6. The van der Waals surface area contributed by atoms with E-state index in [1.54, 1.807) is 23.3 Å². The molecule has 3 aromatic carbocycles. The predicted octanol–water partition coefficient (Wildman–Crippen LogP) is 2.47. The number of hydrogen-bond donors (Lipinski definition) is 0. The molecule has 0 atom stereocenters. The first-order valence-corrected chi connectivity index (χ1v) is 17.8. The maximum Gasteiger partial charge on any atom is -0.0129 e. The summed E-state index contributed by atoms with van der Waals surface area (Å²) in [6.07, 6.45) is 1.03. The maximum atomic E-state index is 3.69. The minimum Gasteiger partial charge on any atom is -1.00 e. The SMILES string of the molecule is C[Si](C)=[Zr+2].Cc1[c-]c2c(cc1C(C)(C)C)-c1cc(C(C)(C)C)c(C)cc1C2.[Cl-].[Cl-].c1cc[cH-]c1. The van der Waals surface area contributed by atoms with Crippen LogP contribution in [0.1, 0.15) is 74.9 Å². The molecule has 0 saturated heterocycles. The Balaban J connectivity index is 0.000000840. The van der Waals surface area contributed by atoms with Crippen molar-refractivity contribution in [3.63, 3.8) is 0 Å². The van der Waals surface area contributed by atoms with Gasteiger partial charge in [-0.2, -0.15) is 35.9 Å². The summed E-state index contributed by atoms with van der Waals surface area (Å²) in [7, 11) is 0. The van der Waals surface area contributed by atoms with Crippen LogP contribution in [0.25, 0.3) is 11.1 Å². The normalized spacial score (nSPS) is 11.4. The van der Waals surface area contributed by atoms with Crippen molar-refractivity contribution in [2.24, 2.45) is 0 Å². The summed E-state index contributed by atoms with van der Waals surface area (Å²) in [5, 5.41) is 0. The van der Waals surface area contributed by atoms with Gasteiger partial charge in [-0.05, 0) is 35.4 Å². The van der Waals surface area contributed by atoms with Gasteiger partial charge in [0.25, 0.3) is 0 Å². The van der Waals surface area contributed by atoms with Crippen molar-refractivity contribution in [3.05, 3.63) is 88.0 Å². The van der Waals surface area contributed by atoms with Crippen LogP contribution in [0.2, 0.25) is 13.1 Å². The summed E-state index contributed by atoms with van der Waals surface area (Å²) in [5.74, 6) is 0. The number of halogens is 2. The van der Waals surface area contributed by atoms with Crippen LogP contribution >= 0.6 is 0 Å². The van der Waals surface area contributed by atoms with E-state index in [0.29, 0.717) is 0 Å². The molecule has 0 N–H and O–H groups in total. The second-order valence-electron chi connectivity index (χ2n) is 11.2. The molecule has 4 heteroatoms. The summed E-state index contributed by atoms with van der Waals surface area (Å²) in [6, 6.07) is 20.9. The Morgan fingerprint density at radius 1 is 0.824 bits per heavy atom. The van der Waals surface area contributed by atoms with Crippen molar-refractivity contribution in [3.8, 4) is 11.1 Å². The van der Waals surface area contributed by atoms with Crippen molar-refractivity contribution < 1.29 is 48.1 Å². The largest absolute Gasteiger partial charge is 1.00 e. The van der Waals surface area contributed by atoms with Gasteiger partial charge in [0.15, 0.2) is 0 Å². The molecular weight excluding hydrogens is 551 g/mol. The molecule has 0 amide bonds.